The average molecular weight is 695 g/mol. The Morgan fingerprint density at radius 2 is 1.33 bits per heavy atom. The van der Waals surface area contributed by atoms with E-state index in [1.54, 1.807) is 4.68 Å². The fourth-order valence-electron chi connectivity index (χ4n) is 6.31. The first-order valence-electron chi connectivity index (χ1n) is 16.8. The topological polar surface area (TPSA) is 129 Å². The van der Waals surface area contributed by atoms with Crippen LogP contribution < -0.4 is 10.6 Å². The molecule has 2 N–H and O–H groups in total. The van der Waals surface area contributed by atoms with Gasteiger partial charge in [-0.05, 0) is 82.3 Å². The molecule has 0 spiro atoms. The molecule has 6 aromatic rings. The van der Waals surface area contributed by atoms with Gasteiger partial charge < -0.3 is 10.6 Å². The molecule has 0 aliphatic heterocycles. The molecule has 3 aromatic heterocycles. The standard InChI is InChI=1S/C40H42N10S/c1-22-16-24(3)32(25(4)17-22)42-31-20-28(7)34(37(43-31)44-33-26(5)18-23(2)19-27(33)6)46-47-38-30(21-41)35(40(8,9)10)48-50(38)39-45-36(49-51-39)29-14-12-11-13-15-29/h11-20H,1-10H3,(H2,42,43,44). The molecule has 3 aromatic carbocycles. The van der Waals surface area contributed by atoms with E-state index < -0.39 is 5.41 Å². The predicted octanol–water partition coefficient (Wildman–Crippen LogP) is 11.0. The first-order chi connectivity index (χ1) is 24.2. The van der Waals surface area contributed by atoms with Gasteiger partial charge >= 0.3 is 0 Å². The molecule has 3 heterocycles. The highest BCUT2D eigenvalue weighted by Gasteiger charge is 2.29. The summed E-state index contributed by atoms with van der Waals surface area (Å²) in [4.78, 5) is 9.86. The second kappa shape index (κ2) is 13.9. The summed E-state index contributed by atoms with van der Waals surface area (Å²) in [5.74, 6) is 2.05. The highest BCUT2D eigenvalue weighted by molar-refractivity contribution is 7.08. The number of aromatic nitrogens is 5. The van der Waals surface area contributed by atoms with Gasteiger partial charge in [0.1, 0.15) is 23.1 Å². The van der Waals surface area contributed by atoms with Gasteiger partial charge in [0.25, 0.3) is 0 Å². The van der Waals surface area contributed by atoms with Crippen molar-refractivity contribution >= 4 is 46.0 Å². The number of rotatable bonds is 8. The highest BCUT2D eigenvalue weighted by atomic mass is 32.1. The van der Waals surface area contributed by atoms with Gasteiger partial charge in [-0.1, -0.05) is 86.5 Å². The molecule has 0 atom stereocenters. The van der Waals surface area contributed by atoms with E-state index in [1.807, 2.05) is 64.1 Å². The van der Waals surface area contributed by atoms with Gasteiger partial charge in [-0.25, -0.2) is 4.98 Å². The zero-order chi connectivity index (χ0) is 36.6. The van der Waals surface area contributed by atoms with Crippen molar-refractivity contribution in [3.8, 4) is 22.6 Å². The monoisotopic (exact) mass is 694 g/mol. The number of hydrogen-bond donors (Lipinski definition) is 2. The molecule has 11 heteroatoms. The number of hydrogen-bond acceptors (Lipinski definition) is 10. The van der Waals surface area contributed by atoms with Crippen LogP contribution in [0.5, 0.6) is 0 Å². The lowest BCUT2D eigenvalue weighted by Crippen LogP contribution is -2.14. The van der Waals surface area contributed by atoms with E-state index >= 15 is 0 Å². The Labute approximate surface area is 303 Å². The summed E-state index contributed by atoms with van der Waals surface area (Å²) in [6, 6.07) is 22.7. The quantitative estimate of drug-likeness (QED) is 0.152. The van der Waals surface area contributed by atoms with Gasteiger partial charge in [0.05, 0.1) is 5.69 Å². The number of anilines is 4. The van der Waals surface area contributed by atoms with E-state index in [0.717, 1.165) is 44.8 Å². The van der Waals surface area contributed by atoms with Crippen molar-refractivity contribution in [3.63, 3.8) is 0 Å². The van der Waals surface area contributed by atoms with Crippen LogP contribution in [0.25, 0.3) is 16.5 Å². The molecule has 0 aliphatic carbocycles. The summed E-state index contributed by atoms with van der Waals surface area (Å²) in [7, 11) is 0. The largest absolute Gasteiger partial charge is 0.340 e. The number of nitriles is 1. The van der Waals surface area contributed by atoms with Crippen LogP contribution in [0, 0.1) is 59.8 Å². The third-order valence-corrected chi connectivity index (χ3v) is 9.28. The number of azo groups is 1. The lowest BCUT2D eigenvalue weighted by atomic mass is 9.90. The molecule has 0 bridgehead atoms. The Hall–Kier alpha value is -5.73. The van der Waals surface area contributed by atoms with Gasteiger partial charge in [0, 0.05) is 33.9 Å². The molecule has 10 nitrogen and oxygen atoms in total. The fraction of sp³-hybridized carbons (Fsp3) is 0.275. The second-order valence-corrected chi connectivity index (χ2v) is 14.8. The first kappa shape index (κ1) is 35.1. The van der Waals surface area contributed by atoms with Gasteiger partial charge in [0.15, 0.2) is 17.5 Å². The lowest BCUT2D eigenvalue weighted by Gasteiger charge is -2.18. The number of pyridine rings is 1. The van der Waals surface area contributed by atoms with Gasteiger partial charge in [-0.3, -0.25) is 0 Å². The maximum Gasteiger partial charge on any atom is 0.232 e. The number of benzene rings is 3. The minimum atomic E-state index is -0.447. The third kappa shape index (κ3) is 7.28. The Bertz CT molecular complexity index is 2290. The molecule has 0 unspecified atom stereocenters. The zero-order valence-corrected chi connectivity index (χ0v) is 31.6. The normalized spacial score (nSPS) is 11.6. The van der Waals surface area contributed by atoms with Crippen molar-refractivity contribution in [2.24, 2.45) is 10.2 Å². The van der Waals surface area contributed by atoms with Crippen molar-refractivity contribution in [1.82, 2.24) is 24.1 Å². The predicted molar refractivity (Wildman–Crippen MR) is 207 cm³/mol. The van der Waals surface area contributed by atoms with Crippen LogP contribution >= 0.6 is 11.5 Å². The van der Waals surface area contributed by atoms with Crippen molar-refractivity contribution in [1.29, 1.82) is 5.26 Å². The maximum absolute atomic E-state index is 10.5. The van der Waals surface area contributed by atoms with Crippen LogP contribution in [0.1, 0.15) is 71.0 Å². The van der Waals surface area contributed by atoms with E-state index in [1.165, 1.54) is 22.7 Å². The summed E-state index contributed by atoms with van der Waals surface area (Å²) in [6.07, 6.45) is 0. The van der Waals surface area contributed by atoms with Gasteiger partial charge in [-0.15, -0.1) is 10.2 Å². The van der Waals surface area contributed by atoms with Crippen molar-refractivity contribution in [2.75, 3.05) is 10.6 Å². The van der Waals surface area contributed by atoms with E-state index in [-0.39, 0.29) is 5.82 Å². The van der Waals surface area contributed by atoms with Crippen LogP contribution in [-0.2, 0) is 5.41 Å². The molecule has 0 amide bonds. The minimum Gasteiger partial charge on any atom is -0.340 e. The smallest absolute Gasteiger partial charge is 0.232 e. The van der Waals surface area contributed by atoms with Crippen molar-refractivity contribution < 1.29 is 0 Å². The Morgan fingerprint density at radius 1 is 0.745 bits per heavy atom. The van der Waals surface area contributed by atoms with Crippen molar-refractivity contribution in [3.05, 3.63) is 111 Å². The summed E-state index contributed by atoms with van der Waals surface area (Å²) >= 11 is 1.19. The number of nitrogens with one attached hydrogen (secondary N) is 2. The molecule has 0 radical (unpaired) electrons. The lowest BCUT2D eigenvalue weighted by molar-refractivity contribution is 0.559. The van der Waals surface area contributed by atoms with E-state index in [4.69, 9.17) is 25.3 Å². The highest BCUT2D eigenvalue weighted by Crippen LogP contribution is 2.39. The average Bonchev–Trinajstić information content (AvgIpc) is 3.70. The number of nitrogens with zero attached hydrogens (tertiary/aromatic N) is 8. The summed E-state index contributed by atoms with van der Waals surface area (Å²) in [5.41, 5.74) is 11.5. The minimum absolute atomic E-state index is 0.277. The summed E-state index contributed by atoms with van der Waals surface area (Å²) in [5, 5.41) is 32.5. The Morgan fingerprint density at radius 3 is 1.90 bits per heavy atom. The second-order valence-electron chi connectivity index (χ2n) is 14.1. The molecule has 0 aliphatic rings. The molecular weight excluding hydrogens is 653 g/mol. The molecule has 0 saturated carbocycles. The van der Waals surface area contributed by atoms with Gasteiger partial charge in [-0.2, -0.15) is 24.4 Å². The zero-order valence-electron chi connectivity index (χ0n) is 30.8. The molecule has 0 fully saturated rings. The molecule has 6 rings (SSSR count). The van der Waals surface area contributed by atoms with E-state index in [9.17, 15) is 5.26 Å². The molecule has 258 valence electrons. The van der Waals surface area contributed by atoms with E-state index in [2.05, 4.69) is 86.9 Å². The fourth-order valence-corrected chi connectivity index (χ4v) is 6.96. The summed E-state index contributed by atoms with van der Waals surface area (Å²) in [6.45, 7) is 20.6. The third-order valence-electron chi connectivity index (χ3n) is 8.59. The van der Waals surface area contributed by atoms with Crippen LogP contribution in [0.4, 0.5) is 34.5 Å². The molecule has 0 saturated heterocycles. The van der Waals surface area contributed by atoms with Gasteiger partial charge in [0.2, 0.25) is 5.13 Å². The molecule has 51 heavy (non-hydrogen) atoms. The van der Waals surface area contributed by atoms with Crippen LogP contribution in [0.3, 0.4) is 0 Å². The van der Waals surface area contributed by atoms with E-state index in [0.29, 0.717) is 39.5 Å². The maximum atomic E-state index is 10.5. The SMILES string of the molecule is Cc1cc(C)c(Nc2cc(C)c(N=Nc3c(C#N)c(C(C)(C)C)nn3-c3nc(-c4ccccc4)ns3)c(Nc3c(C)cc(C)cc3C)n2)c(C)c1. The van der Waals surface area contributed by atoms with Crippen LogP contribution in [0.15, 0.2) is 70.9 Å². The molecular formula is C40H42N10S. The summed E-state index contributed by atoms with van der Waals surface area (Å²) < 4.78 is 6.17. The number of aryl methyl sites for hydroxylation is 7. The Kier molecular flexibility index (Phi) is 9.56. The van der Waals surface area contributed by atoms with Crippen molar-refractivity contribution in [2.45, 2.75) is 74.7 Å². The van der Waals surface area contributed by atoms with Crippen LogP contribution in [0.2, 0.25) is 0 Å². The Balaban J connectivity index is 1.50. The first-order valence-corrected chi connectivity index (χ1v) is 17.6. The van der Waals surface area contributed by atoms with Crippen LogP contribution in [-0.4, -0.2) is 24.1 Å².